The molecule has 0 aliphatic rings. The van der Waals surface area contributed by atoms with Crippen LogP contribution < -0.4 is 5.32 Å². The van der Waals surface area contributed by atoms with Crippen molar-refractivity contribution in [1.82, 2.24) is 9.97 Å². The van der Waals surface area contributed by atoms with Crippen LogP contribution in [0.4, 0.5) is 5.82 Å². The number of aryl methyl sites for hydroxylation is 1. The highest BCUT2D eigenvalue weighted by molar-refractivity contribution is 7.84. The fraction of sp³-hybridized carbons (Fsp3) is 0.667. The van der Waals surface area contributed by atoms with Crippen LogP contribution in [0.3, 0.4) is 0 Å². The molecule has 1 heterocycles. The van der Waals surface area contributed by atoms with Crippen molar-refractivity contribution in [2.45, 2.75) is 33.6 Å². The quantitative estimate of drug-likeness (QED) is 0.845. The van der Waals surface area contributed by atoms with Gasteiger partial charge in [-0.3, -0.25) is 4.21 Å². The van der Waals surface area contributed by atoms with Gasteiger partial charge in [0.25, 0.3) is 0 Å². The summed E-state index contributed by atoms with van der Waals surface area (Å²) in [5.74, 6) is 3.37. The number of aromatic nitrogens is 2. The molecule has 1 rings (SSSR count). The Bertz CT molecular complexity index is 393. The number of rotatable bonds is 6. The number of hydrogen-bond donors (Lipinski definition) is 1. The van der Waals surface area contributed by atoms with Crippen LogP contribution in [0.25, 0.3) is 0 Å². The minimum absolute atomic E-state index is 0.320. The third-order valence-corrected chi connectivity index (χ3v) is 3.65. The zero-order valence-electron chi connectivity index (χ0n) is 11.0. The predicted octanol–water partition coefficient (Wildman–Crippen LogP) is 2.09. The molecule has 0 bridgehead atoms. The maximum atomic E-state index is 11.3. The highest BCUT2D eigenvalue weighted by atomic mass is 32.2. The standard InChI is InChI=1S/C12H21N3OS/c1-5-17(16)7-6-13-11-8-10(4)14-12(15-11)9(2)3/h8-9H,5-7H2,1-4H3,(H,13,14,15). The second-order valence-corrected chi connectivity index (χ2v) is 6.13. The summed E-state index contributed by atoms with van der Waals surface area (Å²) < 4.78 is 11.3. The zero-order valence-corrected chi connectivity index (χ0v) is 11.8. The van der Waals surface area contributed by atoms with E-state index in [2.05, 4.69) is 29.1 Å². The van der Waals surface area contributed by atoms with E-state index < -0.39 is 10.8 Å². The Morgan fingerprint density at radius 3 is 2.71 bits per heavy atom. The fourth-order valence-corrected chi connectivity index (χ4v) is 2.00. The van der Waals surface area contributed by atoms with Gasteiger partial charge < -0.3 is 5.32 Å². The lowest BCUT2D eigenvalue weighted by Gasteiger charge is -2.09. The van der Waals surface area contributed by atoms with Crippen molar-refractivity contribution in [2.24, 2.45) is 0 Å². The Morgan fingerprint density at radius 1 is 1.41 bits per heavy atom. The molecule has 0 aliphatic carbocycles. The van der Waals surface area contributed by atoms with Gasteiger partial charge in [-0.05, 0) is 6.92 Å². The second-order valence-electron chi connectivity index (χ2n) is 4.27. The van der Waals surface area contributed by atoms with Crippen LogP contribution in [0.2, 0.25) is 0 Å². The lowest BCUT2D eigenvalue weighted by molar-refractivity contribution is 0.684. The van der Waals surface area contributed by atoms with E-state index in [9.17, 15) is 4.21 Å². The highest BCUT2D eigenvalue weighted by Crippen LogP contribution is 2.13. The predicted molar refractivity (Wildman–Crippen MR) is 72.9 cm³/mol. The van der Waals surface area contributed by atoms with E-state index in [1.165, 1.54) is 0 Å². The molecule has 1 aromatic rings. The van der Waals surface area contributed by atoms with E-state index in [4.69, 9.17) is 0 Å². The summed E-state index contributed by atoms with van der Waals surface area (Å²) in [6.07, 6.45) is 0. The van der Waals surface area contributed by atoms with Crippen LogP contribution >= 0.6 is 0 Å². The molecular formula is C12H21N3OS. The van der Waals surface area contributed by atoms with Gasteiger partial charge in [-0.2, -0.15) is 0 Å². The average molecular weight is 255 g/mol. The third kappa shape index (κ3) is 4.81. The SMILES string of the molecule is CCS(=O)CCNc1cc(C)nc(C(C)C)n1. The maximum Gasteiger partial charge on any atom is 0.133 e. The number of nitrogens with one attached hydrogen (secondary N) is 1. The minimum atomic E-state index is -0.726. The van der Waals surface area contributed by atoms with Crippen LogP contribution in [0, 0.1) is 6.92 Å². The minimum Gasteiger partial charge on any atom is -0.369 e. The average Bonchev–Trinajstić information content (AvgIpc) is 2.28. The van der Waals surface area contributed by atoms with Crippen molar-refractivity contribution < 1.29 is 4.21 Å². The lowest BCUT2D eigenvalue weighted by Crippen LogP contribution is -2.14. The molecule has 1 atom stereocenters. The van der Waals surface area contributed by atoms with Gasteiger partial charge in [0.15, 0.2) is 0 Å². The van der Waals surface area contributed by atoms with Crippen LogP contribution in [0.15, 0.2) is 6.07 Å². The fourth-order valence-electron chi connectivity index (χ4n) is 1.38. The Balaban J connectivity index is 2.62. The van der Waals surface area contributed by atoms with E-state index in [1.54, 1.807) is 0 Å². The molecule has 5 heteroatoms. The monoisotopic (exact) mass is 255 g/mol. The van der Waals surface area contributed by atoms with Crippen molar-refractivity contribution >= 4 is 16.6 Å². The molecule has 0 fully saturated rings. The zero-order chi connectivity index (χ0) is 12.8. The first kappa shape index (κ1) is 14.1. The number of hydrogen-bond acceptors (Lipinski definition) is 4. The summed E-state index contributed by atoms with van der Waals surface area (Å²) in [4.78, 5) is 8.82. The van der Waals surface area contributed by atoms with Crippen molar-refractivity contribution in [2.75, 3.05) is 23.4 Å². The summed E-state index contributed by atoms with van der Waals surface area (Å²) in [5, 5.41) is 3.20. The van der Waals surface area contributed by atoms with Crippen LogP contribution in [-0.2, 0) is 10.8 Å². The molecule has 0 spiro atoms. The van der Waals surface area contributed by atoms with Gasteiger partial charge in [0, 0.05) is 46.5 Å². The van der Waals surface area contributed by atoms with Crippen LogP contribution in [0.5, 0.6) is 0 Å². The van der Waals surface area contributed by atoms with E-state index >= 15 is 0 Å². The first-order valence-corrected chi connectivity index (χ1v) is 7.46. The molecule has 0 aromatic carbocycles. The van der Waals surface area contributed by atoms with Crippen LogP contribution in [-0.4, -0.2) is 32.2 Å². The largest absolute Gasteiger partial charge is 0.369 e. The first-order valence-electron chi connectivity index (χ1n) is 5.97. The molecule has 1 N–H and O–H groups in total. The molecule has 17 heavy (non-hydrogen) atoms. The van der Waals surface area contributed by atoms with Gasteiger partial charge in [0.1, 0.15) is 11.6 Å². The summed E-state index contributed by atoms with van der Waals surface area (Å²) in [6.45, 7) is 8.73. The topological polar surface area (TPSA) is 54.9 Å². The summed E-state index contributed by atoms with van der Waals surface area (Å²) in [7, 11) is -0.726. The highest BCUT2D eigenvalue weighted by Gasteiger charge is 2.06. The molecular weight excluding hydrogens is 234 g/mol. The molecule has 96 valence electrons. The third-order valence-electron chi connectivity index (χ3n) is 2.35. The van der Waals surface area contributed by atoms with Gasteiger partial charge in [-0.25, -0.2) is 9.97 Å². The molecule has 0 radical (unpaired) electrons. The molecule has 4 nitrogen and oxygen atoms in total. The molecule has 1 aromatic heterocycles. The smallest absolute Gasteiger partial charge is 0.133 e. The summed E-state index contributed by atoms with van der Waals surface area (Å²) in [6, 6.07) is 1.92. The van der Waals surface area contributed by atoms with E-state index in [0.29, 0.717) is 24.0 Å². The van der Waals surface area contributed by atoms with Crippen molar-refractivity contribution in [3.63, 3.8) is 0 Å². The van der Waals surface area contributed by atoms with E-state index in [0.717, 1.165) is 17.3 Å². The molecule has 1 unspecified atom stereocenters. The van der Waals surface area contributed by atoms with Gasteiger partial charge in [0.2, 0.25) is 0 Å². The second kappa shape index (κ2) is 6.69. The van der Waals surface area contributed by atoms with Crippen molar-refractivity contribution in [3.05, 3.63) is 17.6 Å². The van der Waals surface area contributed by atoms with Gasteiger partial charge in [-0.1, -0.05) is 20.8 Å². The van der Waals surface area contributed by atoms with Gasteiger partial charge in [-0.15, -0.1) is 0 Å². The first-order chi connectivity index (χ1) is 8.02. The summed E-state index contributed by atoms with van der Waals surface area (Å²) >= 11 is 0. The molecule has 0 saturated heterocycles. The number of anilines is 1. The van der Waals surface area contributed by atoms with Crippen molar-refractivity contribution in [1.29, 1.82) is 0 Å². The summed E-state index contributed by atoms with van der Waals surface area (Å²) in [5.41, 5.74) is 0.961. The number of nitrogens with zero attached hydrogens (tertiary/aromatic N) is 2. The molecule has 0 amide bonds. The normalized spacial score (nSPS) is 12.8. The Kier molecular flexibility index (Phi) is 5.55. The Hall–Kier alpha value is -0.970. The molecule has 0 aliphatic heterocycles. The Morgan fingerprint density at radius 2 is 2.12 bits per heavy atom. The van der Waals surface area contributed by atoms with E-state index in [1.807, 2.05) is 19.9 Å². The van der Waals surface area contributed by atoms with Crippen LogP contribution in [0.1, 0.15) is 38.2 Å². The van der Waals surface area contributed by atoms with Crippen molar-refractivity contribution in [3.8, 4) is 0 Å². The van der Waals surface area contributed by atoms with E-state index in [-0.39, 0.29) is 0 Å². The van der Waals surface area contributed by atoms with Gasteiger partial charge >= 0.3 is 0 Å². The maximum absolute atomic E-state index is 11.3. The van der Waals surface area contributed by atoms with Gasteiger partial charge in [0.05, 0.1) is 0 Å². The lowest BCUT2D eigenvalue weighted by atomic mass is 10.2. The Labute approximate surface area is 106 Å². The molecule has 0 saturated carbocycles.